The van der Waals surface area contributed by atoms with E-state index in [1.54, 1.807) is 13.8 Å². The van der Waals surface area contributed by atoms with Gasteiger partial charge in [0.25, 0.3) is 0 Å². The summed E-state index contributed by atoms with van der Waals surface area (Å²) in [7, 11) is 0. The van der Waals surface area contributed by atoms with E-state index < -0.39 is 11.4 Å². The molecule has 1 atom stereocenters. The van der Waals surface area contributed by atoms with Crippen LogP contribution < -0.4 is 5.32 Å². The van der Waals surface area contributed by atoms with Gasteiger partial charge < -0.3 is 15.5 Å². The monoisotopic (exact) mass is 273 g/mol. The zero-order chi connectivity index (χ0) is 14.9. The SMILES string of the molecule is CCC(CCO)CNC(=O)CC(CC)(CC)C(=O)O. The predicted molar refractivity (Wildman–Crippen MR) is 73.8 cm³/mol. The van der Waals surface area contributed by atoms with Crippen molar-refractivity contribution >= 4 is 11.9 Å². The highest BCUT2D eigenvalue weighted by Gasteiger charge is 2.37. The molecular formula is C14H27NO4. The predicted octanol–water partition coefficient (Wildman–Crippen LogP) is 1.79. The van der Waals surface area contributed by atoms with Gasteiger partial charge >= 0.3 is 5.97 Å². The van der Waals surface area contributed by atoms with Gasteiger partial charge in [-0.1, -0.05) is 27.2 Å². The lowest BCUT2D eigenvalue weighted by Gasteiger charge is -2.26. The van der Waals surface area contributed by atoms with E-state index >= 15 is 0 Å². The van der Waals surface area contributed by atoms with Crippen molar-refractivity contribution in [2.75, 3.05) is 13.2 Å². The highest BCUT2D eigenvalue weighted by molar-refractivity contribution is 5.84. The average Bonchev–Trinajstić information content (AvgIpc) is 2.40. The van der Waals surface area contributed by atoms with Gasteiger partial charge in [-0.15, -0.1) is 0 Å². The van der Waals surface area contributed by atoms with Gasteiger partial charge in [-0.25, -0.2) is 0 Å². The number of carboxylic acids is 1. The Morgan fingerprint density at radius 3 is 2.16 bits per heavy atom. The molecule has 5 nitrogen and oxygen atoms in total. The van der Waals surface area contributed by atoms with Crippen molar-refractivity contribution in [1.82, 2.24) is 5.32 Å². The third-order valence-corrected chi connectivity index (χ3v) is 4.01. The molecule has 0 rings (SSSR count). The van der Waals surface area contributed by atoms with E-state index in [0.29, 0.717) is 25.8 Å². The molecule has 0 fully saturated rings. The Kier molecular flexibility index (Phi) is 8.39. The molecule has 0 saturated heterocycles. The van der Waals surface area contributed by atoms with Crippen LogP contribution in [0.2, 0.25) is 0 Å². The molecular weight excluding hydrogens is 246 g/mol. The van der Waals surface area contributed by atoms with Crippen LogP contribution in [0.5, 0.6) is 0 Å². The third-order valence-electron chi connectivity index (χ3n) is 4.01. The quantitative estimate of drug-likeness (QED) is 0.566. The fourth-order valence-corrected chi connectivity index (χ4v) is 2.14. The molecule has 5 heteroatoms. The van der Waals surface area contributed by atoms with Crippen LogP contribution in [-0.2, 0) is 9.59 Å². The minimum Gasteiger partial charge on any atom is -0.481 e. The van der Waals surface area contributed by atoms with Crippen LogP contribution in [0, 0.1) is 11.3 Å². The zero-order valence-corrected chi connectivity index (χ0v) is 12.2. The fourth-order valence-electron chi connectivity index (χ4n) is 2.14. The van der Waals surface area contributed by atoms with Crippen molar-refractivity contribution in [3.63, 3.8) is 0 Å². The molecule has 0 saturated carbocycles. The van der Waals surface area contributed by atoms with Gasteiger partial charge in [0.15, 0.2) is 0 Å². The molecule has 0 radical (unpaired) electrons. The number of hydrogen-bond donors (Lipinski definition) is 3. The first-order valence-electron chi connectivity index (χ1n) is 7.06. The number of carbonyl (C=O) groups excluding carboxylic acids is 1. The van der Waals surface area contributed by atoms with E-state index in [-0.39, 0.29) is 24.9 Å². The van der Waals surface area contributed by atoms with Crippen LogP contribution >= 0.6 is 0 Å². The molecule has 0 aromatic rings. The summed E-state index contributed by atoms with van der Waals surface area (Å²) in [6.07, 6.45) is 2.44. The first-order chi connectivity index (χ1) is 8.95. The Hall–Kier alpha value is -1.10. The van der Waals surface area contributed by atoms with Gasteiger partial charge in [0.2, 0.25) is 5.91 Å². The van der Waals surface area contributed by atoms with Crippen molar-refractivity contribution in [2.45, 2.75) is 52.9 Å². The lowest BCUT2D eigenvalue weighted by atomic mass is 9.79. The number of nitrogens with one attached hydrogen (secondary N) is 1. The maximum atomic E-state index is 11.9. The molecule has 0 aliphatic carbocycles. The minimum absolute atomic E-state index is 0.0187. The van der Waals surface area contributed by atoms with Crippen molar-refractivity contribution < 1.29 is 19.8 Å². The maximum absolute atomic E-state index is 11.9. The second-order valence-corrected chi connectivity index (χ2v) is 5.06. The van der Waals surface area contributed by atoms with Crippen LogP contribution in [-0.4, -0.2) is 35.2 Å². The van der Waals surface area contributed by atoms with Gasteiger partial charge in [-0.05, 0) is 25.2 Å². The largest absolute Gasteiger partial charge is 0.481 e. The van der Waals surface area contributed by atoms with Crippen molar-refractivity contribution in [1.29, 1.82) is 0 Å². The van der Waals surface area contributed by atoms with Crippen LogP contribution in [0.25, 0.3) is 0 Å². The molecule has 19 heavy (non-hydrogen) atoms. The molecule has 0 aromatic carbocycles. The Morgan fingerprint density at radius 2 is 1.79 bits per heavy atom. The summed E-state index contributed by atoms with van der Waals surface area (Å²) in [6.45, 7) is 6.21. The fraction of sp³-hybridized carbons (Fsp3) is 0.857. The first-order valence-corrected chi connectivity index (χ1v) is 7.06. The Balaban J connectivity index is 4.39. The van der Waals surface area contributed by atoms with Gasteiger partial charge in [0.1, 0.15) is 0 Å². The normalized spacial score (nSPS) is 13.1. The number of aliphatic hydroxyl groups is 1. The van der Waals surface area contributed by atoms with Gasteiger partial charge in [0.05, 0.1) is 5.41 Å². The van der Waals surface area contributed by atoms with Crippen LogP contribution in [0.4, 0.5) is 0 Å². The number of carbonyl (C=O) groups is 2. The van der Waals surface area contributed by atoms with E-state index in [0.717, 1.165) is 6.42 Å². The van der Waals surface area contributed by atoms with Gasteiger partial charge in [-0.2, -0.15) is 0 Å². The summed E-state index contributed by atoms with van der Waals surface area (Å²) in [5.74, 6) is -0.881. The summed E-state index contributed by atoms with van der Waals surface area (Å²) in [5, 5.41) is 20.9. The molecule has 3 N–H and O–H groups in total. The number of rotatable bonds is 10. The highest BCUT2D eigenvalue weighted by atomic mass is 16.4. The molecule has 0 aliphatic rings. The van der Waals surface area contributed by atoms with Gasteiger partial charge in [0, 0.05) is 19.6 Å². The number of hydrogen-bond acceptors (Lipinski definition) is 3. The Morgan fingerprint density at radius 1 is 1.21 bits per heavy atom. The average molecular weight is 273 g/mol. The number of aliphatic hydroxyl groups excluding tert-OH is 1. The second-order valence-electron chi connectivity index (χ2n) is 5.06. The van der Waals surface area contributed by atoms with E-state index in [1.165, 1.54) is 0 Å². The smallest absolute Gasteiger partial charge is 0.310 e. The van der Waals surface area contributed by atoms with E-state index in [1.807, 2.05) is 6.92 Å². The molecule has 0 aliphatic heterocycles. The van der Waals surface area contributed by atoms with E-state index in [4.69, 9.17) is 5.11 Å². The Labute approximate surface area is 115 Å². The highest BCUT2D eigenvalue weighted by Crippen LogP contribution is 2.30. The summed E-state index contributed by atoms with van der Waals surface area (Å²) in [5.41, 5.74) is -0.956. The molecule has 0 aromatic heterocycles. The standard InChI is InChI=1S/C14H27NO4/c1-4-11(7-8-16)10-15-12(17)9-14(5-2,6-3)13(18)19/h11,16H,4-10H2,1-3H3,(H,15,17)(H,18,19). The summed E-state index contributed by atoms with van der Waals surface area (Å²) in [6, 6.07) is 0. The molecule has 1 unspecified atom stereocenters. The molecule has 112 valence electrons. The van der Waals surface area contributed by atoms with Gasteiger partial charge in [-0.3, -0.25) is 9.59 Å². The Bertz CT molecular complexity index is 287. The van der Waals surface area contributed by atoms with Crippen molar-refractivity contribution in [3.05, 3.63) is 0 Å². The number of amides is 1. The minimum atomic E-state index is -0.956. The van der Waals surface area contributed by atoms with Crippen molar-refractivity contribution in [2.24, 2.45) is 11.3 Å². The third kappa shape index (κ3) is 5.59. The molecule has 0 bridgehead atoms. The molecule has 1 amide bonds. The lowest BCUT2D eigenvalue weighted by Crippen LogP contribution is -2.38. The van der Waals surface area contributed by atoms with Crippen LogP contribution in [0.3, 0.4) is 0 Å². The summed E-state index contributed by atoms with van der Waals surface area (Å²) < 4.78 is 0. The number of carboxylic acid groups (broad SMARTS) is 1. The van der Waals surface area contributed by atoms with Crippen molar-refractivity contribution in [3.8, 4) is 0 Å². The topological polar surface area (TPSA) is 86.6 Å². The maximum Gasteiger partial charge on any atom is 0.310 e. The zero-order valence-electron chi connectivity index (χ0n) is 12.2. The van der Waals surface area contributed by atoms with E-state index in [9.17, 15) is 14.7 Å². The second kappa shape index (κ2) is 8.91. The lowest BCUT2D eigenvalue weighted by molar-refractivity contribution is -0.152. The summed E-state index contributed by atoms with van der Waals surface area (Å²) in [4.78, 5) is 23.2. The summed E-state index contributed by atoms with van der Waals surface area (Å²) >= 11 is 0. The van der Waals surface area contributed by atoms with Crippen LogP contribution in [0.15, 0.2) is 0 Å². The molecule has 0 heterocycles. The molecule has 0 spiro atoms. The van der Waals surface area contributed by atoms with E-state index in [2.05, 4.69) is 5.32 Å². The number of aliphatic carboxylic acids is 1. The van der Waals surface area contributed by atoms with Crippen LogP contribution in [0.1, 0.15) is 52.9 Å². The first kappa shape index (κ1) is 17.9.